The molecule has 122 valence electrons. The molecule has 0 aliphatic carbocycles. The van der Waals surface area contributed by atoms with Crippen molar-refractivity contribution < 1.29 is 4.79 Å². The highest BCUT2D eigenvalue weighted by Crippen LogP contribution is 2.24. The Hall–Kier alpha value is -1.42. The molecule has 3 nitrogen and oxygen atoms in total. The third-order valence-corrected chi connectivity index (χ3v) is 4.24. The highest BCUT2D eigenvalue weighted by molar-refractivity contribution is 6.42. The summed E-state index contributed by atoms with van der Waals surface area (Å²) in [7, 11) is 0. The van der Waals surface area contributed by atoms with Gasteiger partial charge >= 0.3 is 0 Å². The van der Waals surface area contributed by atoms with Crippen molar-refractivity contribution in [1.29, 1.82) is 0 Å². The molecule has 0 aliphatic heterocycles. The van der Waals surface area contributed by atoms with Gasteiger partial charge in [-0.1, -0.05) is 46.9 Å². The quantitative estimate of drug-likeness (QED) is 0.733. The number of amides is 1. The maximum atomic E-state index is 11.8. The van der Waals surface area contributed by atoms with Crippen molar-refractivity contribution in [3.8, 4) is 0 Å². The first-order chi connectivity index (χ1) is 11.0. The minimum Gasteiger partial charge on any atom is -0.384 e. The van der Waals surface area contributed by atoms with Crippen LogP contribution in [0.15, 0.2) is 42.5 Å². The topological polar surface area (TPSA) is 41.1 Å². The fourth-order valence-corrected chi connectivity index (χ4v) is 2.44. The largest absolute Gasteiger partial charge is 0.384 e. The van der Waals surface area contributed by atoms with Gasteiger partial charge < -0.3 is 10.6 Å². The van der Waals surface area contributed by atoms with Gasteiger partial charge in [0.1, 0.15) is 0 Å². The molecule has 0 unspecified atom stereocenters. The lowest BCUT2D eigenvalue weighted by Crippen LogP contribution is -2.27. The maximum Gasteiger partial charge on any atom is 0.221 e. The molecule has 1 amide bonds. The van der Waals surface area contributed by atoms with Crippen molar-refractivity contribution in [2.45, 2.75) is 12.8 Å². The molecule has 0 saturated carbocycles. The van der Waals surface area contributed by atoms with Crippen LogP contribution in [0.3, 0.4) is 0 Å². The molecule has 0 aliphatic rings. The maximum absolute atomic E-state index is 11.8. The predicted octanol–water partition coefficient (Wildman–Crippen LogP) is 4.81. The van der Waals surface area contributed by atoms with Crippen LogP contribution in [-0.4, -0.2) is 19.0 Å². The molecule has 0 atom stereocenters. The summed E-state index contributed by atoms with van der Waals surface area (Å²) in [5.74, 6) is 0.00604. The molecule has 0 heterocycles. The standard InChI is InChI=1S/C17H17Cl3N2O/c18-13-3-1-12(2-4-13)7-9-22-17(23)8-10-21-14-5-6-15(19)16(20)11-14/h1-6,11,21H,7-10H2,(H,22,23). The third-order valence-electron chi connectivity index (χ3n) is 3.25. The molecule has 0 bridgehead atoms. The normalized spacial score (nSPS) is 10.4. The Balaban J connectivity index is 1.65. The van der Waals surface area contributed by atoms with E-state index >= 15 is 0 Å². The lowest BCUT2D eigenvalue weighted by Gasteiger charge is -2.08. The Kier molecular flexibility index (Phi) is 7.03. The first-order valence-corrected chi connectivity index (χ1v) is 8.38. The summed E-state index contributed by atoms with van der Waals surface area (Å²) in [4.78, 5) is 11.8. The van der Waals surface area contributed by atoms with E-state index in [1.54, 1.807) is 12.1 Å². The molecule has 2 aromatic carbocycles. The van der Waals surface area contributed by atoms with Crippen molar-refractivity contribution in [3.63, 3.8) is 0 Å². The van der Waals surface area contributed by atoms with Gasteiger partial charge in [-0.05, 0) is 42.3 Å². The minimum atomic E-state index is 0.00604. The van der Waals surface area contributed by atoms with Crippen molar-refractivity contribution >= 4 is 46.4 Å². The van der Waals surface area contributed by atoms with Gasteiger partial charge in [-0.25, -0.2) is 0 Å². The second-order valence-electron chi connectivity index (χ2n) is 5.03. The molecule has 0 radical (unpaired) electrons. The molecule has 0 fully saturated rings. The second-order valence-corrected chi connectivity index (χ2v) is 6.28. The van der Waals surface area contributed by atoms with Gasteiger partial charge in [0, 0.05) is 30.2 Å². The molecule has 2 rings (SSSR count). The number of hydrogen-bond donors (Lipinski definition) is 2. The van der Waals surface area contributed by atoms with Crippen molar-refractivity contribution in [2.75, 3.05) is 18.4 Å². The second kappa shape index (κ2) is 9.02. The van der Waals surface area contributed by atoms with Crippen LogP contribution in [0, 0.1) is 0 Å². The first kappa shape index (κ1) is 17.9. The Bertz CT molecular complexity index is 659. The summed E-state index contributed by atoms with van der Waals surface area (Å²) in [6.45, 7) is 1.14. The van der Waals surface area contributed by atoms with Gasteiger partial charge in [-0.15, -0.1) is 0 Å². The van der Waals surface area contributed by atoms with E-state index in [1.807, 2.05) is 30.3 Å². The zero-order valence-electron chi connectivity index (χ0n) is 12.4. The highest BCUT2D eigenvalue weighted by Gasteiger charge is 2.03. The van der Waals surface area contributed by atoms with Gasteiger partial charge in [-0.3, -0.25) is 4.79 Å². The van der Waals surface area contributed by atoms with Crippen LogP contribution in [0.1, 0.15) is 12.0 Å². The van der Waals surface area contributed by atoms with Gasteiger partial charge in [0.2, 0.25) is 5.91 Å². The van der Waals surface area contributed by atoms with E-state index in [9.17, 15) is 4.79 Å². The molecule has 6 heteroatoms. The van der Waals surface area contributed by atoms with E-state index in [-0.39, 0.29) is 5.91 Å². The van der Waals surface area contributed by atoms with Crippen LogP contribution in [0.25, 0.3) is 0 Å². The van der Waals surface area contributed by atoms with E-state index < -0.39 is 0 Å². The van der Waals surface area contributed by atoms with Crippen LogP contribution in [0.4, 0.5) is 5.69 Å². The van der Waals surface area contributed by atoms with Crippen LogP contribution in [0.2, 0.25) is 15.1 Å². The number of anilines is 1. The lowest BCUT2D eigenvalue weighted by molar-refractivity contribution is -0.120. The third kappa shape index (κ3) is 6.30. The number of benzene rings is 2. The summed E-state index contributed by atoms with van der Waals surface area (Å²) in [6.07, 6.45) is 1.17. The van der Waals surface area contributed by atoms with E-state index in [2.05, 4.69) is 10.6 Å². The fraction of sp³-hybridized carbons (Fsp3) is 0.235. The predicted molar refractivity (Wildman–Crippen MR) is 97.7 cm³/mol. The monoisotopic (exact) mass is 370 g/mol. The Morgan fingerprint density at radius 2 is 1.65 bits per heavy atom. The first-order valence-electron chi connectivity index (χ1n) is 7.24. The zero-order chi connectivity index (χ0) is 16.7. The number of nitrogens with one attached hydrogen (secondary N) is 2. The highest BCUT2D eigenvalue weighted by atomic mass is 35.5. The van der Waals surface area contributed by atoms with Gasteiger partial charge in [0.25, 0.3) is 0 Å². The molecule has 2 N–H and O–H groups in total. The smallest absolute Gasteiger partial charge is 0.221 e. The van der Waals surface area contributed by atoms with E-state index in [0.717, 1.165) is 17.7 Å². The van der Waals surface area contributed by atoms with Crippen LogP contribution < -0.4 is 10.6 Å². The number of halogens is 3. The number of carbonyl (C=O) groups is 1. The van der Waals surface area contributed by atoms with Crippen LogP contribution in [-0.2, 0) is 11.2 Å². The average Bonchev–Trinajstić information content (AvgIpc) is 2.53. The van der Waals surface area contributed by atoms with Crippen molar-refractivity contribution in [1.82, 2.24) is 5.32 Å². The van der Waals surface area contributed by atoms with Crippen molar-refractivity contribution in [2.24, 2.45) is 0 Å². The SMILES string of the molecule is O=C(CCNc1ccc(Cl)c(Cl)c1)NCCc1ccc(Cl)cc1. The fourth-order valence-electron chi connectivity index (χ4n) is 2.01. The molecule has 0 spiro atoms. The Labute approximate surface area is 150 Å². The lowest BCUT2D eigenvalue weighted by atomic mass is 10.1. The summed E-state index contributed by atoms with van der Waals surface area (Å²) in [5, 5.41) is 7.75. The average molecular weight is 372 g/mol. The van der Waals surface area contributed by atoms with Gasteiger partial charge in [0.05, 0.1) is 10.0 Å². The van der Waals surface area contributed by atoms with E-state index in [1.165, 1.54) is 0 Å². The summed E-state index contributed by atoms with van der Waals surface area (Å²) in [5.41, 5.74) is 1.98. The Morgan fingerprint density at radius 1 is 0.913 bits per heavy atom. The molecule has 0 aromatic heterocycles. The molecule has 2 aromatic rings. The van der Waals surface area contributed by atoms with Crippen molar-refractivity contribution in [3.05, 3.63) is 63.1 Å². The molecular formula is C17H17Cl3N2O. The number of hydrogen-bond acceptors (Lipinski definition) is 2. The molecular weight excluding hydrogens is 355 g/mol. The Morgan fingerprint density at radius 3 is 2.35 bits per heavy atom. The van der Waals surface area contributed by atoms with E-state index in [4.69, 9.17) is 34.8 Å². The summed E-state index contributed by atoms with van der Waals surface area (Å²) in [6, 6.07) is 12.9. The zero-order valence-corrected chi connectivity index (χ0v) is 14.7. The van der Waals surface area contributed by atoms with Crippen LogP contribution in [0.5, 0.6) is 0 Å². The summed E-state index contributed by atoms with van der Waals surface area (Å²) < 4.78 is 0. The number of rotatable bonds is 7. The summed E-state index contributed by atoms with van der Waals surface area (Å²) >= 11 is 17.6. The molecule has 0 saturated heterocycles. The minimum absolute atomic E-state index is 0.00604. The van der Waals surface area contributed by atoms with Gasteiger partial charge in [0.15, 0.2) is 0 Å². The molecule has 23 heavy (non-hydrogen) atoms. The van der Waals surface area contributed by atoms with Gasteiger partial charge in [-0.2, -0.15) is 0 Å². The van der Waals surface area contributed by atoms with E-state index in [0.29, 0.717) is 34.6 Å². The van der Waals surface area contributed by atoms with Crippen LogP contribution >= 0.6 is 34.8 Å². The number of carbonyl (C=O) groups excluding carboxylic acids is 1.